The highest BCUT2D eigenvalue weighted by molar-refractivity contribution is 5.81. The molecule has 0 fully saturated rings. The summed E-state index contributed by atoms with van der Waals surface area (Å²) in [5, 5.41) is 11.5. The summed E-state index contributed by atoms with van der Waals surface area (Å²) in [5.74, 6) is -1.76. The number of amides is 1. The number of hydrogen-bond acceptors (Lipinski definition) is 3. The van der Waals surface area contributed by atoms with E-state index in [1.54, 1.807) is 6.92 Å². The van der Waals surface area contributed by atoms with Crippen LogP contribution in [0.4, 0.5) is 9.18 Å². The van der Waals surface area contributed by atoms with E-state index < -0.39 is 30.7 Å². The van der Waals surface area contributed by atoms with Crippen LogP contribution in [-0.4, -0.2) is 36.5 Å². The Kier molecular flexibility index (Phi) is 5.74. The SMILES string of the molecule is C[C@H](CF)C[C@@H](NC(=O)OCC1c2ccccc2-c2ccccc21)C(=O)O. The zero-order valence-corrected chi connectivity index (χ0v) is 15.0. The second kappa shape index (κ2) is 8.20. The number of aliphatic carboxylic acids is 1. The van der Waals surface area contributed by atoms with Crippen LogP contribution in [0, 0.1) is 5.92 Å². The molecule has 0 saturated carbocycles. The molecule has 27 heavy (non-hydrogen) atoms. The lowest BCUT2D eigenvalue weighted by Gasteiger charge is -2.18. The van der Waals surface area contributed by atoms with Crippen LogP contribution in [0.2, 0.25) is 0 Å². The van der Waals surface area contributed by atoms with Crippen molar-refractivity contribution >= 4 is 12.1 Å². The van der Waals surface area contributed by atoms with Gasteiger partial charge in [0.2, 0.25) is 0 Å². The summed E-state index contributed by atoms with van der Waals surface area (Å²) in [6.45, 7) is 1.05. The molecule has 2 aromatic rings. The Hall–Kier alpha value is -2.89. The van der Waals surface area contributed by atoms with Gasteiger partial charge >= 0.3 is 12.1 Å². The first-order chi connectivity index (χ1) is 13.0. The summed E-state index contributed by atoms with van der Waals surface area (Å²) in [5.41, 5.74) is 4.38. The van der Waals surface area contributed by atoms with Crippen molar-refractivity contribution in [2.45, 2.75) is 25.3 Å². The number of carbonyl (C=O) groups is 2. The van der Waals surface area contributed by atoms with Gasteiger partial charge in [0.05, 0.1) is 6.67 Å². The summed E-state index contributed by atoms with van der Waals surface area (Å²) >= 11 is 0. The van der Waals surface area contributed by atoms with Gasteiger partial charge in [0.25, 0.3) is 0 Å². The number of carboxylic acids is 1. The normalized spacial score (nSPS) is 14.7. The van der Waals surface area contributed by atoms with Gasteiger partial charge in [-0.1, -0.05) is 55.5 Å². The zero-order valence-electron chi connectivity index (χ0n) is 15.0. The minimum Gasteiger partial charge on any atom is -0.480 e. The van der Waals surface area contributed by atoms with Gasteiger partial charge in [-0.2, -0.15) is 0 Å². The van der Waals surface area contributed by atoms with Crippen molar-refractivity contribution in [3.63, 3.8) is 0 Å². The van der Waals surface area contributed by atoms with Gasteiger partial charge in [-0.05, 0) is 34.6 Å². The molecule has 0 heterocycles. The Bertz CT molecular complexity index is 793. The number of hydrogen-bond donors (Lipinski definition) is 2. The molecular formula is C21H22FNO4. The molecule has 142 valence electrons. The van der Waals surface area contributed by atoms with Crippen LogP contribution in [0.15, 0.2) is 48.5 Å². The van der Waals surface area contributed by atoms with Gasteiger partial charge in [0.1, 0.15) is 12.6 Å². The standard InChI is InChI=1S/C21H22FNO4/c1-13(11-22)10-19(20(24)25)23-21(26)27-12-18-16-8-4-2-6-14(16)15-7-3-5-9-17(15)18/h2-9,13,18-19H,10-12H2,1H3,(H,23,26)(H,24,25)/t13-,19+/m0/s1. The number of fused-ring (bicyclic) bond motifs is 3. The topological polar surface area (TPSA) is 75.6 Å². The molecule has 0 spiro atoms. The number of alkyl carbamates (subject to hydrolysis) is 1. The minimum atomic E-state index is -1.20. The maximum absolute atomic E-state index is 12.6. The lowest BCUT2D eigenvalue weighted by Crippen LogP contribution is -2.42. The third-order valence-corrected chi connectivity index (χ3v) is 4.84. The summed E-state index contributed by atoms with van der Waals surface area (Å²) in [6, 6.07) is 14.7. The van der Waals surface area contributed by atoms with Crippen molar-refractivity contribution in [2.24, 2.45) is 5.92 Å². The molecule has 2 aromatic carbocycles. The number of alkyl halides is 1. The maximum atomic E-state index is 12.6. The molecule has 0 aromatic heterocycles. The van der Waals surface area contributed by atoms with Crippen LogP contribution in [0.25, 0.3) is 11.1 Å². The average molecular weight is 371 g/mol. The number of ether oxygens (including phenoxy) is 1. The highest BCUT2D eigenvalue weighted by Crippen LogP contribution is 2.44. The number of nitrogens with one attached hydrogen (secondary N) is 1. The van der Waals surface area contributed by atoms with Crippen molar-refractivity contribution < 1.29 is 23.8 Å². The molecule has 0 radical (unpaired) electrons. The van der Waals surface area contributed by atoms with Crippen molar-refractivity contribution in [1.29, 1.82) is 0 Å². The molecule has 6 heteroatoms. The van der Waals surface area contributed by atoms with Crippen molar-refractivity contribution in [2.75, 3.05) is 13.3 Å². The highest BCUT2D eigenvalue weighted by atomic mass is 19.1. The second-order valence-corrected chi connectivity index (χ2v) is 6.86. The Morgan fingerprint density at radius 3 is 2.19 bits per heavy atom. The highest BCUT2D eigenvalue weighted by Gasteiger charge is 2.30. The molecule has 0 unspecified atom stereocenters. The first-order valence-electron chi connectivity index (χ1n) is 8.91. The molecule has 0 saturated heterocycles. The lowest BCUT2D eigenvalue weighted by molar-refractivity contribution is -0.139. The van der Waals surface area contributed by atoms with Crippen LogP contribution in [0.3, 0.4) is 0 Å². The van der Waals surface area contributed by atoms with Gasteiger partial charge < -0.3 is 15.2 Å². The monoisotopic (exact) mass is 371 g/mol. The van der Waals surface area contributed by atoms with Crippen LogP contribution in [-0.2, 0) is 9.53 Å². The Morgan fingerprint density at radius 2 is 1.67 bits per heavy atom. The van der Waals surface area contributed by atoms with E-state index in [4.69, 9.17) is 4.74 Å². The molecular weight excluding hydrogens is 349 g/mol. The Morgan fingerprint density at radius 1 is 1.11 bits per heavy atom. The maximum Gasteiger partial charge on any atom is 0.407 e. The molecule has 2 atom stereocenters. The van der Waals surface area contributed by atoms with Crippen LogP contribution < -0.4 is 5.32 Å². The number of rotatable bonds is 7. The summed E-state index contributed by atoms with van der Waals surface area (Å²) in [7, 11) is 0. The van der Waals surface area contributed by atoms with E-state index in [1.165, 1.54) is 0 Å². The second-order valence-electron chi connectivity index (χ2n) is 6.86. The largest absolute Gasteiger partial charge is 0.480 e. The molecule has 1 aliphatic rings. The van der Waals surface area contributed by atoms with E-state index in [9.17, 15) is 19.1 Å². The van der Waals surface area contributed by atoms with Crippen molar-refractivity contribution in [3.05, 3.63) is 59.7 Å². The van der Waals surface area contributed by atoms with Gasteiger partial charge in [0, 0.05) is 5.92 Å². The fourth-order valence-electron chi connectivity index (χ4n) is 3.47. The molecule has 5 nitrogen and oxygen atoms in total. The van der Waals surface area contributed by atoms with E-state index >= 15 is 0 Å². The summed E-state index contributed by atoms with van der Waals surface area (Å²) in [6.07, 6.45) is -0.800. The molecule has 1 amide bonds. The number of carboxylic acid groups (broad SMARTS) is 1. The van der Waals surface area contributed by atoms with E-state index in [0.29, 0.717) is 0 Å². The number of carbonyl (C=O) groups excluding carboxylic acids is 1. The number of benzene rings is 2. The molecule has 0 aliphatic heterocycles. The Labute approximate surface area is 157 Å². The lowest BCUT2D eigenvalue weighted by atomic mass is 9.98. The van der Waals surface area contributed by atoms with E-state index in [1.807, 2.05) is 48.5 Å². The number of halogens is 1. The molecule has 1 aliphatic carbocycles. The first-order valence-corrected chi connectivity index (χ1v) is 8.91. The molecule has 2 N–H and O–H groups in total. The summed E-state index contributed by atoms with van der Waals surface area (Å²) < 4.78 is 18.0. The molecule has 0 bridgehead atoms. The van der Waals surface area contributed by atoms with E-state index in [0.717, 1.165) is 22.3 Å². The minimum absolute atomic E-state index is 0.00995. The zero-order chi connectivity index (χ0) is 19.4. The van der Waals surface area contributed by atoms with Crippen LogP contribution >= 0.6 is 0 Å². The third-order valence-electron chi connectivity index (χ3n) is 4.84. The van der Waals surface area contributed by atoms with Gasteiger partial charge in [0.15, 0.2) is 0 Å². The summed E-state index contributed by atoms with van der Waals surface area (Å²) in [4.78, 5) is 23.4. The smallest absolute Gasteiger partial charge is 0.407 e. The van der Waals surface area contributed by atoms with Crippen molar-refractivity contribution in [1.82, 2.24) is 5.32 Å². The fourth-order valence-corrected chi connectivity index (χ4v) is 3.47. The van der Waals surface area contributed by atoms with E-state index in [2.05, 4.69) is 5.32 Å². The van der Waals surface area contributed by atoms with Gasteiger partial charge in [-0.25, -0.2) is 9.59 Å². The Balaban J connectivity index is 1.68. The van der Waals surface area contributed by atoms with Gasteiger partial charge in [-0.3, -0.25) is 4.39 Å². The predicted octanol–water partition coefficient (Wildman–Crippen LogP) is 3.97. The predicted molar refractivity (Wildman–Crippen MR) is 99.4 cm³/mol. The van der Waals surface area contributed by atoms with Crippen LogP contribution in [0.1, 0.15) is 30.4 Å². The molecule has 3 rings (SSSR count). The first kappa shape index (κ1) is 18.9. The average Bonchev–Trinajstić information content (AvgIpc) is 2.99. The van der Waals surface area contributed by atoms with Crippen molar-refractivity contribution in [3.8, 4) is 11.1 Å². The third kappa shape index (κ3) is 4.10. The van der Waals surface area contributed by atoms with Crippen LogP contribution in [0.5, 0.6) is 0 Å². The van der Waals surface area contributed by atoms with Gasteiger partial charge in [-0.15, -0.1) is 0 Å². The fraction of sp³-hybridized carbons (Fsp3) is 0.333. The quantitative estimate of drug-likeness (QED) is 0.772. The van der Waals surface area contributed by atoms with E-state index in [-0.39, 0.29) is 18.9 Å².